The summed E-state index contributed by atoms with van der Waals surface area (Å²) in [5, 5.41) is 10.2. The van der Waals surface area contributed by atoms with Crippen molar-refractivity contribution < 1.29 is 24.3 Å². The maximum Gasteiger partial charge on any atom is 0.254 e. The van der Waals surface area contributed by atoms with Crippen molar-refractivity contribution in [1.29, 1.82) is 0 Å². The van der Waals surface area contributed by atoms with Crippen LogP contribution in [0.25, 0.3) is 0 Å². The highest BCUT2D eigenvalue weighted by Gasteiger charge is 2.76. The standard InChI is InChI=1S/C28H22BrCl2IN2O5/c1-13-10-14(2-9-20(13)35)22-17-7-8-18-21(24(37)34(23(18)36)16-5-3-15(32)4-6-16)19(17)11-27(30)25(38)33(12-29)26(39)28(22,27)31/h2-7,9-10,18-19,21-22,35H,8,11-12H2,1H3/t18-,19+,21-,22-,27+,28-/m0/s1. The molecule has 4 aliphatic rings. The van der Waals surface area contributed by atoms with Gasteiger partial charge in [0.1, 0.15) is 5.75 Å². The van der Waals surface area contributed by atoms with E-state index in [4.69, 9.17) is 23.2 Å². The molecule has 1 N–H and O–H groups in total. The number of phenols is 1. The zero-order valence-corrected chi connectivity index (χ0v) is 25.8. The average molecular weight is 744 g/mol. The van der Waals surface area contributed by atoms with Gasteiger partial charge in [-0.15, -0.1) is 23.2 Å². The Hall–Kier alpha value is -1.95. The molecule has 0 radical (unpaired) electrons. The number of nitrogens with zero attached hydrogens (tertiary/aromatic N) is 2. The van der Waals surface area contributed by atoms with Crippen molar-refractivity contribution in [3.63, 3.8) is 0 Å². The first kappa shape index (κ1) is 27.2. The molecule has 0 aromatic heterocycles. The number of fused-ring (bicyclic) bond motifs is 4. The molecule has 4 amide bonds. The van der Waals surface area contributed by atoms with E-state index in [0.29, 0.717) is 23.2 Å². The van der Waals surface area contributed by atoms with Gasteiger partial charge in [-0.1, -0.05) is 39.7 Å². The van der Waals surface area contributed by atoms with Gasteiger partial charge in [-0.3, -0.25) is 29.0 Å². The SMILES string of the molecule is Cc1cc([C@H]2C3=CC[C@@H]4C(=O)N(c5ccc(I)cc5)C(=O)[C@@H]4[C@@H]3C[C@@]3(Cl)C(=O)N(CBr)C(=O)[C@@]23Cl)ccc1O. The van der Waals surface area contributed by atoms with E-state index in [9.17, 15) is 24.3 Å². The van der Waals surface area contributed by atoms with Crippen LogP contribution in [0.4, 0.5) is 5.69 Å². The number of anilines is 1. The summed E-state index contributed by atoms with van der Waals surface area (Å²) >= 11 is 19.8. The van der Waals surface area contributed by atoms with Gasteiger partial charge in [-0.05, 0) is 89.7 Å². The molecule has 3 fully saturated rings. The largest absolute Gasteiger partial charge is 0.508 e. The summed E-state index contributed by atoms with van der Waals surface area (Å²) in [6.07, 6.45) is 2.13. The van der Waals surface area contributed by atoms with Crippen molar-refractivity contribution in [2.45, 2.75) is 35.4 Å². The van der Waals surface area contributed by atoms with Crippen LogP contribution >= 0.6 is 61.7 Å². The van der Waals surface area contributed by atoms with Crippen molar-refractivity contribution in [2.24, 2.45) is 17.8 Å². The van der Waals surface area contributed by atoms with Crippen LogP contribution in [0.15, 0.2) is 54.1 Å². The fraction of sp³-hybridized carbons (Fsp3) is 0.357. The Bertz CT molecular complexity index is 1500. The second kappa shape index (κ2) is 9.29. The number of imide groups is 2. The zero-order chi connectivity index (χ0) is 28.0. The lowest BCUT2D eigenvalue weighted by Crippen LogP contribution is -2.60. The highest BCUT2D eigenvalue weighted by molar-refractivity contribution is 14.1. The van der Waals surface area contributed by atoms with E-state index >= 15 is 0 Å². The molecular formula is C28H22BrCl2IN2O5. The van der Waals surface area contributed by atoms with E-state index in [0.717, 1.165) is 14.0 Å². The van der Waals surface area contributed by atoms with E-state index < -0.39 is 45.2 Å². The number of phenolic OH excluding ortho intramolecular Hbond substituents is 1. The molecule has 7 nitrogen and oxygen atoms in total. The number of rotatable bonds is 3. The fourth-order valence-electron chi connectivity index (χ4n) is 6.83. The van der Waals surface area contributed by atoms with Crippen LogP contribution in [0.5, 0.6) is 5.75 Å². The third-order valence-corrected chi connectivity index (χ3v) is 11.3. The van der Waals surface area contributed by atoms with Crippen molar-refractivity contribution in [3.8, 4) is 5.75 Å². The molecule has 0 unspecified atom stereocenters. The minimum absolute atomic E-state index is 0.0633. The van der Waals surface area contributed by atoms with Crippen LogP contribution in [0, 0.1) is 28.2 Å². The number of aromatic hydroxyl groups is 1. The minimum atomic E-state index is -1.86. The number of carbonyl (C=O) groups is 4. The fourth-order valence-corrected chi connectivity index (χ4v) is 8.61. The van der Waals surface area contributed by atoms with Gasteiger partial charge in [-0.2, -0.15) is 0 Å². The van der Waals surface area contributed by atoms with E-state index in [1.807, 2.05) is 18.2 Å². The van der Waals surface area contributed by atoms with Gasteiger partial charge >= 0.3 is 0 Å². The summed E-state index contributed by atoms with van der Waals surface area (Å²) in [6.45, 7) is 1.73. The molecule has 39 heavy (non-hydrogen) atoms. The monoisotopic (exact) mass is 742 g/mol. The molecule has 11 heteroatoms. The van der Waals surface area contributed by atoms with E-state index in [-0.39, 0.29) is 29.4 Å². The summed E-state index contributed by atoms with van der Waals surface area (Å²) in [4.78, 5) is 53.5. The Morgan fingerprint density at radius 2 is 1.72 bits per heavy atom. The van der Waals surface area contributed by atoms with Crippen LogP contribution in [-0.4, -0.2) is 48.8 Å². The molecule has 2 saturated heterocycles. The first-order chi connectivity index (χ1) is 18.5. The van der Waals surface area contributed by atoms with Crippen LogP contribution in [0.1, 0.15) is 29.9 Å². The molecule has 2 aliphatic heterocycles. The lowest BCUT2D eigenvalue weighted by atomic mass is 9.56. The Kier molecular flexibility index (Phi) is 6.49. The van der Waals surface area contributed by atoms with Gasteiger partial charge in [-0.25, -0.2) is 0 Å². The lowest BCUT2D eigenvalue weighted by Gasteiger charge is -2.50. The summed E-state index contributed by atoms with van der Waals surface area (Å²) in [6, 6.07) is 12.1. The summed E-state index contributed by atoms with van der Waals surface area (Å²) in [5.74, 6) is -4.63. The Morgan fingerprint density at radius 1 is 1.03 bits per heavy atom. The van der Waals surface area contributed by atoms with Crippen LogP contribution in [-0.2, 0) is 19.2 Å². The van der Waals surface area contributed by atoms with Gasteiger partial charge in [0.15, 0.2) is 9.75 Å². The lowest BCUT2D eigenvalue weighted by molar-refractivity contribution is -0.138. The number of amides is 4. The molecule has 2 aromatic rings. The number of halogens is 4. The van der Waals surface area contributed by atoms with Gasteiger partial charge in [0, 0.05) is 9.49 Å². The maximum absolute atomic E-state index is 14.0. The predicted octanol–water partition coefficient (Wildman–Crippen LogP) is 5.22. The highest BCUT2D eigenvalue weighted by Crippen LogP contribution is 2.65. The summed E-state index contributed by atoms with van der Waals surface area (Å²) < 4.78 is 0.972. The smallest absolute Gasteiger partial charge is 0.254 e. The molecular weight excluding hydrogens is 722 g/mol. The van der Waals surface area contributed by atoms with E-state index in [1.54, 1.807) is 31.2 Å². The van der Waals surface area contributed by atoms with Crippen LogP contribution in [0.2, 0.25) is 0 Å². The summed E-state index contributed by atoms with van der Waals surface area (Å²) in [7, 11) is 0. The van der Waals surface area contributed by atoms with Crippen molar-refractivity contribution in [1.82, 2.24) is 4.90 Å². The topological polar surface area (TPSA) is 95.0 Å². The van der Waals surface area contributed by atoms with E-state index in [2.05, 4.69) is 38.5 Å². The van der Waals surface area contributed by atoms with Gasteiger partial charge < -0.3 is 5.11 Å². The number of aryl methyl sites for hydroxylation is 1. The molecule has 0 bridgehead atoms. The molecule has 0 spiro atoms. The van der Waals surface area contributed by atoms with E-state index in [1.165, 1.54) is 11.0 Å². The number of hydrogen-bond donors (Lipinski definition) is 1. The molecule has 2 aliphatic carbocycles. The second-order valence-corrected chi connectivity index (χ2v) is 13.5. The van der Waals surface area contributed by atoms with Crippen molar-refractivity contribution in [3.05, 3.63) is 68.8 Å². The normalized spacial score (nSPS) is 33.7. The molecule has 2 heterocycles. The minimum Gasteiger partial charge on any atom is -0.508 e. The van der Waals surface area contributed by atoms with Crippen LogP contribution in [0.3, 0.4) is 0 Å². The third kappa shape index (κ3) is 3.58. The number of benzene rings is 2. The molecule has 202 valence electrons. The predicted molar refractivity (Wildman–Crippen MR) is 158 cm³/mol. The quantitative estimate of drug-likeness (QED) is 0.153. The molecule has 2 aromatic carbocycles. The van der Waals surface area contributed by atoms with Crippen LogP contribution < -0.4 is 4.90 Å². The first-order valence-corrected chi connectivity index (χ1v) is 15.3. The van der Waals surface area contributed by atoms with Gasteiger partial charge in [0.2, 0.25) is 11.8 Å². The number of carbonyl (C=O) groups excluding carboxylic acids is 4. The zero-order valence-electron chi connectivity index (χ0n) is 20.5. The first-order valence-electron chi connectivity index (χ1n) is 12.4. The average Bonchev–Trinajstić information content (AvgIpc) is 3.24. The highest BCUT2D eigenvalue weighted by atomic mass is 127. The third-order valence-electron chi connectivity index (χ3n) is 8.65. The van der Waals surface area contributed by atoms with Crippen molar-refractivity contribution >= 4 is 91.0 Å². The van der Waals surface area contributed by atoms with Gasteiger partial charge in [0.05, 0.1) is 23.0 Å². The Balaban J connectivity index is 1.52. The van der Waals surface area contributed by atoms with Crippen molar-refractivity contribution in [2.75, 3.05) is 10.4 Å². The second-order valence-electron chi connectivity index (χ2n) is 10.5. The Labute approximate surface area is 256 Å². The number of likely N-dealkylation sites (tertiary alicyclic amines) is 1. The molecule has 6 atom stereocenters. The van der Waals surface area contributed by atoms with Gasteiger partial charge in [0.25, 0.3) is 11.8 Å². The Morgan fingerprint density at radius 3 is 2.36 bits per heavy atom. The molecule has 1 saturated carbocycles. The molecule has 6 rings (SSSR count). The number of alkyl halides is 3. The number of allylic oxidation sites excluding steroid dienone is 2. The summed E-state index contributed by atoms with van der Waals surface area (Å²) in [5.41, 5.74) is 2.30. The number of hydrogen-bond acceptors (Lipinski definition) is 5. The maximum atomic E-state index is 14.0.